The summed E-state index contributed by atoms with van der Waals surface area (Å²) in [6, 6.07) is 0. The summed E-state index contributed by atoms with van der Waals surface area (Å²) in [5, 5.41) is 26.1. The smallest absolute Gasteiger partial charge is 0.396 e. The van der Waals surface area contributed by atoms with Gasteiger partial charge in [-0.2, -0.15) is 8.42 Å². The maximum Gasteiger partial charge on any atom is 0.397 e. The normalized spacial score (nSPS) is 13.2. The van der Waals surface area contributed by atoms with Gasteiger partial charge in [0.2, 0.25) is 0 Å². The summed E-state index contributed by atoms with van der Waals surface area (Å²) in [7, 11) is -4.62. The average molecular weight is 216 g/mol. The van der Waals surface area contributed by atoms with Crippen LogP contribution >= 0.6 is 0 Å². The zero-order chi connectivity index (χ0) is 10.5. The Morgan fingerprint density at radius 3 is 1.69 bits per heavy atom. The fourth-order valence-corrected chi connectivity index (χ4v) is 0.885. The van der Waals surface area contributed by atoms with Gasteiger partial charge in [-0.3, -0.25) is 4.55 Å². The molecule has 0 amide bonds. The first-order valence-corrected chi connectivity index (χ1v) is 4.70. The molecule has 0 aromatic rings. The van der Waals surface area contributed by atoms with Crippen LogP contribution in [0.3, 0.4) is 0 Å². The van der Waals surface area contributed by atoms with E-state index in [1.54, 1.807) is 0 Å². The van der Waals surface area contributed by atoms with E-state index >= 15 is 0 Å². The lowest BCUT2D eigenvalue weighted by Crippen LogP contribution is -2.39. The minimum atomic E-state index is -4.62. The molecule has 0 spiro atoms. The molecular weight excluding hydrogens is 204 g/mol. The zero-order valence-electron chi connectivity index (χ0n) is 6.75. The highest BCUT2D eigenvalue weighted by Crippen LogP contribution is 2.15. The molecule has 0 bridgehead atoms. The van der Waals surface area contributed by atoms with Crippen molar-refractivity contribution in [3.05, 3.63) is 0 Å². The molecule has 0 atom stereocenters. The molecule has 0 aromatic carbocycles. The van der Waals surface area contributed by atoms with Gasteiger partial charge in [-0.25, -0.2) is 4.18 Å². The third-order valence-electron chi connectivity index (χ3n) is 1.52. The monoisotopic (exact) mass is 216 g/mol. The summed E-state index contributed by atoms with van der Waals surface area (Å²) in [6.45, 7) is -2.66. The Labute approximate surface area is 75.5 Å². The second kappa shape index (κ2) is 4.84. The van der Waals surface area contributed by atoms with E-state index in [1.165, 1.54) is 0 Å². The van der Waals surface area contributed by atoms with Crippen LogP contribution in [0.2, 0.25) is 0 Å². The van der Waals surface area contributed by atoms with Crippen LogP contribution in [-0.2, 0) is 14.6 Å². The molecule has 80 valence electrons. The van der Waals surface area contributed by atoms with Crippen molar-refractivity contribution >= 4 is 10.4 Å². The van der Waals surface area contributed by atoms with Gasteiger partial charge < -0.3 is 15.3 Å². The van der Waals surface area contributed by atoms with Crippen LogP contribution in [0.5, 0.6) is 0 Å². The molecule has 7 nitrogen and oxygen atoms in total. The van der Waals surface area contributed by atoms with Crippen molar-refractivity contribution in [2.24, 2.45) is 5.41 Å². The lowest BCUT2D eigenvalue weighted by Gasteiger charge is -2.25. The van der Waals surface area contributed by atoms with Crippen molar-refractivity contribution in [2.45, 2.75) is 0 Å². The Morgan fingerprint density at radius 2 is 1.46 bits per heavy atom. The first kappa shape index (κ1) is 12.8. The molecule has 0 fully saturated rings. The molecule has 0 radical (unpaired) electrons. The lowest BCUT2D eigenvalue weighted by atomic mass is 9.93. The quantitative estimate of drug-likeness (QED) is 0.370. The van der Waals surface area contributed by atoms with E-state index in [1.807, 2.05) is 0 Å². The first-order valence-electron chi connectivity index (χ1n) is 3.33. The fraction of sp³-hybridized carbons (Fsp3) is 1.00. The third-order valence-corrected chi connectivity index (χ3v) is 1.94. The van der Waals surface area contributed by atoms with Gasteiger partial charge in [-0.1, -0.05) is 0 Å². The highest BCUT2D eigenvalue weighted by Gasteiger charge is 2.30. The summed E-state index contributed by atoms with van der Waals surface area (Å²) in [5.41, 5.74) is -1.46. The lowest BCUT2D eigenvalue weighted by molar-refractivity contribution is -0.0264. The van der Waals surface area contributed by atoms with Gasteiger partial charge in [0, 0.05) is 0 Å². The van der Waals surface area contributed by atoms with Gasteiger partial charge in [0.05, 0.1) is 31.8 Å². The van der Waals surface area contributed by atoms with Crippen LogP contribution in [0.1, 0.15) is 0 Å². The van der Waals surface area contributed by atoms with Crippen LogP contribution in [0, 0.1) is 5.41 Å². The molecule has 0 rings (SSSR count). The van der Waals surface area contributed by atoms with E-state index in [4.69, 9.17) is 19.9 Å². The largest absolute Gasteiger partial charge is 0.397 e. The highest BCUT2D eigenvalue weighted by molar-refractivity contribution is 7.80. The van der Waals surface area contributed by atoms with Gasteiger partial charge in [0.15, 0.2) is 0 Å². The molecule has 0 aliphatic rings. The minimum absolute atomic E-state index is 0.657. The Balaban J connectivity index is 4.27. The summed E-state index contributed by atoms with van der Waals surface area (Å²) in [5.74, 6) is 0. The summed E-state index contributed by atoms with van der Waals surface area (Å²) in [4.78, 5) is 0. The van der Waals surface area contributed by atoms with E-state index in [0.717, 1.165) is 0 Å². The van der Waals surface area contributed by atoms with Crippen LogP contribution in [0.25, 0.3) is 0 Å². The minimum Gasteiger partial charge on any atom is -0.396 e. The molecule has 8 heteroatoms. The second-order valence-electron chi connectivity index (χ2n) is 2.66. The van der Waals surface area contributed by atoms with Gasteiger partial charge in [-0.15, -0.1) is 0 Å². The SMILES string of the molecule is O=S(=O)(O)OCC(CO)(CO)CO. The van der Waals surface area contributed by atoms with Crippen molar-refractivity contribution in [2.75, 3.05) is 26.4 Å². The number of aliphatic hydroxyl groups is 3. The van der Waals surface area contributed by atoms with E-state index in [9.17, 15) is 8.42 Å². The van der Waals surface area contributed by atoms with Gasteiger partial charge in [0.25, 0.3) is 0 Å². The van der Waals surface area contributed by atoms with Crippen LogP contribution < -0.4 is 0 Å². The molecule has 0 aromatic heterocycles. The second-order valence-corrected chi connectivity index (χ2v) is 3.76. The molecule has 13 heavy (non-hydrogen) atoms. The van der Waals surface area contributed by atoms with E-state index in [-0.39, 0.29) is 0 Å². The predicted molar refractivity (Wildman–Crippen MR) is 41.2 cm³/mol. The predicted octanol–water partition coefficient (Wildman–Crippen LogP) is -2.23. The third kappa shape index (κ3) is 4.50. The molecule has 4 N–H and O–H groups in total. The fourth-order valence-electron chi connectivity index (χ4n) is 0.486. The molecule has 0 aliphatic heterocycles. The van der Waals surface area contributed by atoms with Crippen LogP contribution in [0.4, 0.5) is 0 Å². The Morgan fingerprint density at radius 1 is 1.08 bits per heavy atom. The summed E-state index contributed by atoms with van der Waals surface area (Å²) < 4.78 is 32.3. The van der Waals surface area contributed by atoms with Crippen molar-refractivity contribution in [3.8, 4) is 0 Å². The Bertz CT molecular complexity index is 221. The molecule has 0 heterocycles. The van der Waals surface area contributed by atoms with Gasteiger partial charge >= 0.3 is 10.4 Å². The standard InChI is InChI=1S/C5H12O7S/c6-1-5(2-7,3-8)4-12-13(9,10)11/h6-8H,1-4H2,(H,9,10,11). The summed E-state index contributed by atoms with van der Waals surface area (Å²) in [6.07, 6.45) is 0. The van der Waals surface area contributed by atoms with E-state index < -0.39 is 42.2 Å². The topological polar surface area (TPSA) is 124 Å². The maximum atomic E-state index is 10.1. The van der Waals surface area contributed by atoms with Crippen LogP contribution in [0.15, 0.2) is 0 Å². The van der Waals surface area contributed by atoms with Crippen molar-refractivity contribution in [1.82, 2.24) is 0 Å². The summed E-state index contributed by atoms with van der Waals surface area (Å²) >= 11 is 0. The highest BCUT2D eigenvalue weighted by atomic mass is 32.3. The Kier molecular flexibility index (Phi) is 4.75. The number of aliphatic hydroxyl groups excluding tert-OH is 3. The molecule has 0 aliphatic carbocycles. The maximum absolute atomic E-state index is 10.1. The molecule has 0 unspecified atom stereocenters. The van der Waals surface area contributed by atoms with Crippen molar-refractivity contribution in [3.63, 3.8) is 0 Å². The molecule has 0 saturated heterocycles. The van der Waals surface area contributed by atoms with Crippen LogP contribution in [-0.4, -0.2) is 54.7 Å². The van der Waals surface area contributed by atoms with E-state index in [0.29, 0.717) is 0 Å². The van der Waals surface area contributed by atoms with Crippen molar-refractivity contribution in [1.29, 1.82) is 0 Å². The first-order chi connectivity index (χ1) is 5.89. The van der Waals surface area contributed by atoms with E-state index in [2.05, 4.69) is 4.18 Å². The van der Waals surface area contributed by atoms with Gasteiger partial charge in [0.1, 0.15) is 0 Å². The zero-order valence-corrected chi connectivity index (χ0v) is 7.57. The average Bonchev–Trinajstić information content (AvgIpc) is 2.06. The number of rotatable bonds is 6. The number of hydrogen-bond acceptors (Lipinski definition) is 6. The van der Waals surface area contributed by atoms with Gasteiger partial charge in [-0.05, 0) is 0 Å². The van der Waals surface area contributed by atoms with Crippen molar-refractivity contribution < 1.29 is 32.5 Å². The number of hydrogen-bond donors (Lipinski definition) is 4. The molecular formula is C5H12O7S. The Hall–Kier alpha value is -0.250. The molecule has 0 saturated carbocycles.